The molecule has 1 aromatic carbocycles. The minimum atomic E-state index is -3.47. The molecule has 1 saturated heterocycles. The van der Waals surface area contributed by atoms with Gasteiger partial charge in [-0.2, -0.15) is 4.31 Å². The van der Waals surface area contributed by atoms with Crippen molar-refractivity contribution in [3.63, 3.8) is 0 Å². The summed E-state index contributed by atoms with van der Waals surface area (Å²) in [6.45, 7) is 10.5. The number of benzene rings is 1. The summed E-state index contributed by atoms with van der Waals surface area (Å²) < 4.78 is 27.4. The summed E-state index contributed by atoms with van der Waals surface area (Å²) in [6, 6.07) is 5.62. The zero-order valence-corrected chi connectivity index (χ0v) is 17.2. The van der Waals surface area contributed by atoms with Gasteiger partial charge in [0.25, 0.3) is 5.91 Å². The van der Waals surface area contributed by atoms with Crippen LogP contribution in [0.5, 0.6) is 0 Å². The summed E-state index contributed by atoms with van der Waals surface area (Å²) in [6.07, 6.45) is 2.02. The molecule has 0 unspecified atom stereocenters. The van der Waals surface area contributed by atoms with Crippen LogP contribution in [0, 0.1) is 13.8 Å². The van der Waals surface area contributed by atoms with Gasteiger partial charge in [-0.25, -0.2) is 8.42 Å². The van der Waals surface area contributed by atoms with Crippen LogP contribution in [0.3, 0.4) is 0 Å². The maximum atomic E-state index is 12.9. The number of quaternary nitrogens is 1. The van der Waals surface area contributed by atoms with Crippen LogP contribution in [-0.2, 0) is 14.8 Å². The number of rotatable bonds is 7. The second-order valence-electron chi connectivity index (χ2n) is 7.36. The van der Waals surface area contributed by atoms with Gasteiger partial charge in [0.05, 0.1) is 31.1 Å². The highest BCUT2D eigenvalue weighted by molar-refractivity contribution is 7.89. The fourth-order valence-corrected chi connectivity index (χ4v) is 5.15. The minimum Gasteiger partial charge on any atom is -0.349 e. The number of nitrogens with one attached hydrogen (secondary N) is 2. The number of hydrogen-bond donors (Lipinski definition) is 2. The fourth-order valence-electron chi connectivity index (χ4n) is 3.51. The van der Waals surface area contributed by atoms with E-state index in [9.17, 15) is 13.2 Å². The Balaban J connectivity index is 1.92. The number of carbonyl (C=O) groups is 1. The molecular weight excluding hydrogens is 350 g/mol. The summed E-state index contributed by atoms with van der Waals surface area (Å²) in [5.41, 5.74) is 1.84. The molecule has 1 aliphatic rings. The van der Waals surface area contributed by atoms with E-state index in [1.807, 2.05) is 32.9 Å². The van der Waals surface area contributed by atoms with Gasteiger partial charge in [0.1, 0.15) is 0 Å². The van der Waals surface area contributed by atoms with Gasteiger partial charge < -0.3 is 10.2 Å². The van der Waals surface area contributed by atoms with Gasteiger partial charge in [-0.1, -0.05) is 31.0 Å². The molecule has 1 fully saturated rings. The second-order valence-corrected chi connectivity index (χ2v) is 9.26. The van der Waals surface area contributed by atoms with E-state index in [1.165, 1.54) is 0 Å². The molecule has 0 spiro atoms. The normalized spacial score (nSPS) is 17.8. The molecule has 0 bridgehead atoms. The molecular formula is C19H32N3O3S+. The summed E-state index contributed by atoms with van der Waals surface area (Å²) in [4.78, 5) is 13.6. The van der Waals surface area contributed by atoms with Crippen molar-refractivity contribution >= 4 is 15.9 Å². The van der Waals surface area contributed by atoms with E-state index in [4.69, 9.17) is 0 Å². The molecule has 1 aromatic rings. The Bertz CT molecular complexity index is 726. The standard InChI is InChI=1S/C19H31N3O3S/c1-5-6-17(4)20-19(23)14-21-9-11-22(12-10-21)26(24,25)18-8-7-15(2)13-16(18)3/h7-8,13,17H,5-6,9-12,14H2,1-4H3,(H,20,23)/p+1/t17-/m1/s1. The lowest BCUT2D eigenvalue weighted by Crippen LogP contribution is -3.15. The summed E-state index contributed by atoms with van der Waals surface area (Å²) >= 11 is 0. The molecule has 0 saturated carbocycles. The van der Waals surface area contributed by atoms with Crippen LogP contribution in [0.2, 0.25) is 0 Å². The van der Waals surface area contributed by atoms with Crippen molar-refractivity contribution in [3.05, 3.63) is 29.3 Å². The highest BCUT2D eigenvalue weighted by Crippen LogP contribution is 2.20. The monoisotopic (exact) mass is 382 g/mol. The molecule has 0 radical (unpaired) electrons. The predicted octanol–water partition coefficient (Wildman–Crippen LogP) is 0.497. The first-order chi connectivity index (χ1) is 12.2. The third kappa shape index (κ3) is 5.28. The van der Waals surface area contributed by atoms with Crippen molar-refractivity contribution in [3.8, 4) is 0 Å². The van der Waals surface area contributed by atoms with Crippen molar-refractivity contribution < 1.29 is 18.1 Å². The smallest absolute Gasteiger partial charge is 0.275 e. The third-order valence-corrected chi connectivity index (χ3v) is 6.98. The zero-order valence-electron chi connectivity index (χ0n) is 16.3. The Kier molecular flexibility index (Phi) is 7.20. The molecule has 2 N–H and O–H groups in total. The molecule has 6 nitrogen and oxygen atoms in total. The van der Waals surface area contributed by atoms with Crippen LogP contribution in [0.4, 0.5) is 0 Å². The lowest BCUT2D eigenvalue weighted by Gasteiger charge is -2.31. The average Bonchev–Trinajstić information content (AvgIpc) is 2.55. The highest BCUT2D eigenvalue weighted by Gasteiger charge is 2.32. The second kappa shape index (κ2) is 8.97. The predicted molar refractivity (Wildman–Crippen MR) is 103 cm³/mol. The van der Waals surface area contributed by atoms with Crippen LogP contribution in [0.25, 0.3) is 0 Å². The van der Waals surface area contributed by atoms with E-state index in [0.29, 0.717) is 37.6 Å². The number of sulfonamides is 1. The first kappa shape index (κ1) is 20.9. The topological polar surface area (TPSA) is 70.9 Å². The van der Waals surface area contributed by atoms with Crippen LogP contribution >= 0.6 is 0 Å². The number of piperazine rings is 1. The Morgan fingerprint density at radius 1 is 1.27 bits per heavy atom. The Hall–Kier alpha value is -1.44. The SMILES string of the molecule is CCC[C@@H](C)NC(=O)C[NH+]1CCN(S(=O)(=O)c2ccc(C)cc2C)CC1. The Morgan fingerprint density at radius 2 is 1.92 bits per heavy atom. The van der Waals surface area contributed by atoms with Gasteiger partial charge >= 0.3 is 0 Å². The van der Waals surface area contributed by atoms with Gasteiger partial charge in [-0.05, 0) is 38.8 Å². The molecule has 0 aliphatic carbocycles. The number of hydrogen-bond acceptors (Lipinski definition) is 3. The van der Waals surface area contributed by atoms with Gasteiger partial charge in [-0.15, -0.1) is 0 Å². The lowest BCUT2D eigenvalue weighted by atomic mass is 10.2. The average molecular weight is 383 g/mol. The van der Waals surface area contributed by atoms with Crippen LogP contribution in [0.1, 0.15) is 37.8 Å². The summed E-state index contributed by atoms with van der Waals surface area (Å²) in [7, 11) is -3.47. The molecule has 1 amide bonds. The van der Waals surface area contributed by atoms with Crippen molar-refractivity contribution in [2.24, 2.45) is 0 Å². The van der Waals surface area contributed by atoms with Crippen LogP contribution in [-0.4, -0.2) is 57.4 Å². The van der Waals surface area contributed by atoms with Gasteiger partial charge in [0.15, 0.2) is 6.54 Å². The Labute approximate surface area is 157 Å². The fraction of sp³-hybridized carbons (Fsp3) is 0.632. The van der Waals surface area contributed by atoms with Crippen LogP contribution in [0.15, 0.2) is 23.1 Å². The van der Waals surface area contributed by atoms with Crippen molar-refractivity contribution in [1.29, 1.82) is 0 Å². The van der Waals surface area contributed by atoms with Crippen molar-refractivity contribution in [1.82, 2.24) is 9.62 Å². The van der Waals surface area contributed by atoms with Gasteiger partial charge in [0.2, 0.25) is 10.0 Å². The summed E-state index contributed by atoms with van der Waals surface area (Å²) in [5, 5.41) is 3.02. The van der Waals surface area contributed by atoms with Crippen molar-refractivity contribution in [2.75, 3.05) is 32.7 Å². The maximum absolute atomic E-state index is 12.9. The molecule has 1 aliphatic heterocycles. The largest absolute Gasteiger partial charge is 0.349 e. The molecule has 7 heteroatoms. The lowest BCUT2D eigenvalue weighted by molar-refractivity contribution is -0.895. The maximum Gasteiger partial charge on any atom is 0.275 e. The van der Waals surface area contributed by atoms with Gasteiger partial charge in [-0.3, -0.25) is 4.79 Å². The molecule has 2 rings (SSSR count). The third-order valence-electron chi connectivity index (χ3n) is 4.92. The quantitative estimate of drug-likeness (QED) is 0.721. The first-order valence-corrected chi connectivity index (χ1v) is 10.9. The molecule has 1 heterocycles. The van der Waals surface area contributed by atoms with E-state index in [2.05, 4.69) is 12.2 Å². The van der Waals surface area contributed by atoms with E-state index in [0.717, 1.165) is 28.9 Å². The number of nitrogens with zero attached hydrogens (tertiary/aromatic N) is 1. The van der Waals surface area contributed by atoms with E-state index < -0.39 is 10.0 Å². The highest BCUT2D eigenvalue weighted by atomic mass is 32.2. The minimum absolute atomic E-state index is 0.0478. The summed E-state index contributed by atoms with van der Waals surface area (Å²) in [5.74, 6) is 0.0478. The zero-order chi connectivity index (χ0) is 19.3. The Morgan fingerprint density at radius 3 is 2.50 bits per heavy atom. The number of carbonyl (C=O) groups excluding carboxylic acids is 1. The molecule has 146 valence electrons. The van der Waals surface area contributed by atoms with Crippen LogP contribution < -0.4 is 10.2 Å². The molecule has 0 aromatic heterocycles. The van der Waals surface area contributed by atoms with Crippen molar-refractivity contribution in [2.45, 2.75) is 51.5 Å². The molecule has 1 atom stereocenters. The number of amides is 1. The van der Waals surface area contributed by atoms with E-state index in [-0.39, 0.29) is 11.9 Å². The first-order valence-electron chi connectivity index (χ1n) is 9.44. The van der Waals surface area contributed by atoms with E-state index >= 15 is 0 Å². The number of aryl methyl sites for hydroxylation is 2. The molecule has 26 heavy (non-hydrogen) atoms. The van der Waals surface area contributed by atoms with E-state index in [1.54, 1.807) is 10.4 Å². The van der Waals surface area contributed by atoms with Gasteiger partial charge in [0, 0.05) is 6.04 Å².